The van der Waals surface area contributed by atoms with Gasteiger partial charge in [-0.05, 0) is 36.4 Å². The van der Waals surface area contributed by atoms with Crippen LogP contribution in [0.5, 0.6) is 0 Å². The zero-order valence-corrected chi connectivity index (χ0v) is 22.4. The highest BCUT2D eigenvalue weighted by Crippen LogP contribution is 2.33. The van der Waals surface area contributed by atoms with Crippen molar-refractivity contribution in [3.8, 4) is 11.3 Å². The molecular weight excluding hydrogens is 526 g/mol. The maximum Gasteiger partial charge on any atom is 0.338 e. The maximum absolute atomic E-state index is 13.7. The molecule has 9 nitrogen and oxygen atoms in total. The Labute approximate surface area is 224 Å². The number of esters is 1. The topological polar surface area (TPSA) is 117 Å². The van der Waals surface area contributed by atoms with Crippen molar-refractivity contribution >= 4 is 40.4 Å². The van der Waals surface area contributed by atoms with Crippen molar-refractivity contribution in [2.24, 2.45) is 10.9 Å². The first-order valence-electron chi connectivity index (χ1n) is 11.8. The third-order valence-corrected chi connectivity index (χ3v) is 7.75. The normalized spacial score (nSPS) is 15.5. The number of carbonyl (C=O) groups excluding carboxylic acids is 1. The van der Waals surface area contributed by atoms with Gasteiger partial charge in [-0.2, -0.15) is 0 Å². The van der Waals surface area contributed by atoms with E-state index >= 15 is 0 Å². The second kappa shape index (κ2) is 10.3. The predicted octanol–water partition coefficient (Wildman–Crippen LogP) is 4.66. The lowest BCUT2D eigenvalue weighted by molar-refractivity contribution is -0.384. The number of rotatable bonds is 7. The highest BCUT2D eigenvalue weighted by Gasteiger charge is 2.34. The van der Waals surface area contributed by atoms with E-state index < -0.39 is 16.9 Å². The summed E-state index contributed by atoms with van der Waals surface area (Å²) in [5, 5.41) is 13.0. The van der Waals surface area contributed by atoms with Gasteiger partial charge in [-0.25, -0.2) is 9.79 Å². The summed E-state index contributed by atoms with van der Waals surface area (Å²) in [5.74, 6) is 0.536. The summed E-state index contributed by atoms with van der Waals surface area (Å²) in [4.78, 5) is 43.3. The van der Waals surface area contributed by atoms with Crippen molar-refractivity contribution in [2.75, 3.05) is 6.61 Å². The Morgan fingerprint density at radius 1 is 1.26 bits per heavy atom. The predicted molar refractivity (Wildman–Crippen MR) is 145 cm³/mol. The highest BCUT2D eigenvalue weighted by molar-refractivity contribution is 7.10. The van der Waals surface area contributed by atoms with E-state index in [1.807, 2.05) is 31.4 Å². The SMILES string of the molecule is CC1=C(C(=O)OCC(C)C)[C@@H](c2cccs2)n2c(s/c(=C\c3ccc(-c4cccc([N+](=O)[O-])c4)o3)c2=O)=N1. The Morgan fingerprint density at radius 3 is 2.79 bits per heavy atom. The standard InChI is InChI=1S/C27H23N3O6S2/c1-15(2)14-35-26(32)23-16(3)28-27-29(24(23)21-8-5-11-37-21)25(31)22(38-27)13-19-9-10-20(36-19)17-6-4-7-18(12-17)30(33)34/h4-13,15,24H,14H2,1-3H3/b22-13-/t24-/m1/s1. The third kappa shape index (κ3) is 4.90. The molecule has 0 amide bonds. The fraction of sp³-hybridized carbons (Fsp3) is 0.222. The molecule has 0 bridgehead atoms. The number of ether oxygens (including phenoxy) is 1. The lowest BCUT2D eigenvalue weighted by Crippen LogP contribution is -2.39. The first kappa shape index (κ1) is 25.6. The van der Waals surface area contributed by atoms with E-state index in [1.54, 1.807) is 37.3 Å². The van der Waals surface area contributed by atoms with Gasteiger partial charge in [-0.1, -0.05) is 43.4 Å². The second-order valence-electron chi connectivity index (χ2n) is 9.10. The van der Waals surface area contributed by atoms with Crippen LogP contribution in [-0.4, -0.2) is 22.1 Å². The number of benzene rings is 1. The van der Waals surface area contributed by atoms with Crippen LogP contribution in [-0.2, 0) is 9.53 Å². The lowest BCUT2D eigenvalue weighted by Gasteiger charge is -2.23. The Hall–Kier alpha value is -4.09. The summed E-state index contributed by atoms with van der Waals surface area (Å²) in [6.07, 6.45) is 1.62. The Morgan fingerprint density at radius 2 is 2.08 bits per heavy atom. The van der Waals surface area contributed by atoms with Gasteiger partial charge in [0.15, 0.2) is 4.80 Å². The van der Waals surface area contributed by atoms with Crippen molar-refractivity contribution < 1.29 is 18.9 Å². The van der Waals surface area contributed by atoms with Gasteiger partial charge in [0, 0.05) is 28.6 Å². The van der Waals surface area contributed by atoms with Crippen molar-refractivity contribution in [2.45, 2.75) is 26.8 Å². The highest BCUT2D eigenvalue weighted by atomic mass is 32.1. The summed E-state index contributed by atoms with van der Waals surface area (Å²) < 4.78 is 13.4. The number of hydrogen-bond donors (Lipinski definition) is 0. The fourth-order valence-electron chi connectivity index (χ4n) is 4.11. The quantitative estimate of drug-likeness (QED) is 0.188. The molecule has 1 aliphatic rings. The number of hydrogen-bond acceptors (Lipinski definition) is 9. The molecule has 4 heterocycles. The molecule has 1 aliphatic heterocycles. The van der Waals surface area contributed by atoms with E-state index in [-0.39, 0.29) is 23.8 Å². The van der Waals surface area contributed by atoms with Gasteiger partial charge >= 0.3 is 5.97 Å². The third-order valence-electron chi connectivity index (χ3n) is 5.84. The number of fused-ring (bicyclic) bond motifs is 1. The van der Waals surface area contributed by atoms with E-state index in [4.69, 9.17) is 9.15 Å². The number of nitro benzene ring substituents is 1. The van der Waals surface area contributed by atoms with Crippen LogP contribution in [0, 0.1) is 16.0 Å². The molecule has 0 saturated carbocycles. The van der Waals surface area contributed by atoms with E-state index in [2.05, 4.69) is 4.99 Å². The number of carbonyl (C=O) groups is 1. The summed E-state index contributed by atoms with van der Waals surface area (Å²) >= 11 is 2.65. The summed E-state index contributed by atoms with van der Waals surface area (Å²) in [5.41, 5.74) is 1.06. The molecule has 0 aliphatic carbocycles. The molecule has 0 unspecified atom stereocenters. The number of thiazole rings is 1. The largest absolute Gasteiger partial charge is 0.462 e. The Balaban J connectivity index is 1.57. The van der Waals surface area contributed by atoms with Gasteiger partial charge < -0.3 is 9.15 Å². The molecular formula is C27H23N3O6S2. The van der Waals surface area contributed by atoms with Crippen molar-refractivity contribution in [3.63, 3.8) is 0 Å². The van der Waals surface area contributed by atoms with Gasteiger partial charge in [0.25, 0.3) is 11.2 Å². The van der Waals surface area contributed by atoms with Gasteiger partial charge in [0.2, 0.25) is 0 Å². The van der Waals surface area contributed by atoms with Crippen molar-refractivity contribution in [3.05, 3.63) is 106 Å². The molecule has 11 heteroatoms. The van der Waals surface area contributed by atoms with Crippen LogP contribution in [0.2, 0.25) is 0 Å². The molecule has 194 valence electrons. The summed E-state index contributed by atoms with van der Waals surface area (Å²) in [7, 11) is 0. The maximum atomic E-state index is 13.7. The minimum Gasteiger partial charge on any atom is -0.462 e. The smallest absolute Gasteiger partial charge is 0.338 e. The molecule has 0 radical (unpaired) electrons. The van der Waals surface area contributed by atoms with Gasteiger partial charge in [0.05, 0.1) is 27.3 Å². The van der Waals surface area contributed by atoms with Crippen LogP contribution in [0.3, 0.4) is 0 Å². The Bertz CT molecular complexity index is 1740. The summed E-state index contributed by atoms with van der Waals surface area (Å²) in [6, 6.07) is 12.7. The van der Waals surface area contributed by atoms with Gasteiger partial charge in [-0.3, -0.25) is 19.5 Å². The Kier molecular flexibility index (Phi) is 6.96. The number of allylic oxidation sites excluding steroid dienone is 1. The van der Waals surface area contributed by atoms with Crippen LogP contribution in [0.15, 0.2) is 79.4 Å². The number of nitrogens with zero attached hydrogens (tertiary/aromatic N) is 3. The monoisotopic (exact) mass is 549 g/mol. The van der Waals surface area contributed by atoms with Crippen LogP contribution in [0.4, 0.5) is 5.69 Å². The van der Waals surface area contributed by atoms with Crippen molar-refractivity contribution in [1.29, 1.82) is 0 Å². The molecule has 5 rings (SSSR count). The van der Waals surface area contributed by atoms with Gasteiger partial charge in [0.1, 0.15) is 17.6 Å². The van der Waals surface area contributed by atoms with E-state index in [0.29, 0.717) is 37.7 Å². The summed E-state index contributed by atoms with van der Waals surface area (Å²) in [6.45, 7) is 5.93. The lowest BCUT2D eigenvalue weighted by atomic mass is 10.0. The molecule has 38 heavy (non-hydrogen) atoms. The molecule has 0 fully saturated rings. The molecule has 0 spiro atoms. The van der Waals surface area contributed by atoms with Crippen LogP contribution in [0.25, 0.3) is 17.4 Å². The first-order valence-corrected chi connectivity index (χ1v) is 13.5. The van der Waals surface area contributed by atoms with E-state index in [0.717, 1.165) is 4.88 Å². The minimum absolute atomic E-state index is 0.0413. The molecule has 0 N–H and O–H groups in total. The zero-order chi connectivity index (χ0) is 27.0. The number of aromatic nitrogens is 1. The number of non-ortho nitro benzene ring substituents is 1. The molecule has 3 aromatic heterocycles. The van der Waals surface area contributed by atoms with E-state index in [1.165, 1.54) is 39.4 Å². The number of nitro groups is 1. The zero-order valence-electron chi connectivity index (χ0n) is 20.7. The van der Waals surface area contributed by atoms with E-state index in [9.17, 15) is 19.7 Å². The van der Waals surface area contributed by atoms with Crippen LogP contribution < -0.4 is 14.9 Å². The van der Waals surface area contributed by atoms with Gasteiger partial charge in [-0.15, -0.1) is 11.3 Å². The van der Waals surface area contributed by atoms with Crippen LogP contribution >= 0.6 is 22.7 Å². The minimum atomic E-state index is -0.648. The average Bonchev–Trinajstić information content (AvgIpc) is 3.64. The molecule has 4 aromatic rings. The van der Waals surface area contributed by atoms with Crippen molar-refractivity contribution in [1.82, 2.24) is 4.57 Å². The molecule has 1 aromatic carbocycles. The average molecular weight is 550 g/mol. The molecule has 1 atom stereocenters. The van der Waals surface area contributed by atoms with Crippen LogP contribution in [0.1, 0.15) is 37.5 Å². The first-order chi connectivity index (χ1) is 18.2. The number of thiophene rings is 1. The molecule has 0 saturated heterocycles. The second-order valence-corrected chi connectivity index (χ2v) is 11.1. The number of furan rings is 1. The fourth-order valence-corrected chi connectivity index (χ4v) is 5.96.